The molecule has 3 fully saturated rings. The maximum atomic E-state index is 13.5. The monoisotopic (exact) mass is 398 g/mol. The van der Waals surface area contributed by atoms with Crippen molar-refractivity contribution in [2.24, 2.45) is 18.4 Å². The third-order valence-corrected chi connectivity index (χ3v) is 8.48. The van der Waals surface area contributed by atoms with Crippen LogP contribution in [0.1, 0.15) is 47.6 Å². The maximum Gasteiger partial charge on any atom is 0.227 e. The van der Waals surface area contributed by atoms with Gasteiger partial charge in [0, 0.05) is 51.3 Å². The zero-order chi connectivity index (χ0) is 19.1. The lowest BCUT2D eigenvalue weighted by atomic mass is 9.85. The van der Waals surface area contributed by atoms with Gasteiger partial charge in [-0.05, 0) is 49.6 Å². The van der Waals surface area contributed by atoms with Crippen molar-refractivity contribution in [1.82, 2.24) is 28.9 Å². The number of hydrogen-bond donors (Lipinski definition) is 0. The highest BCUT2D eigenvalue weighted by molar-refractivity contribution is 7.05. The van der Waals surface area contributed by atoms with Gasteiger partial charge in [-0.25, -0.2) is 4.98 Å². The van der Waals surface area contributed by atoms with E-state index in [1.807, 2.05) is 13.3 Å². The Kier molecular flexibility index (Phi) is 3.44. The molecular weight excluding hydrogens is 372 g/mol. The summed E-state index contributed by atoms with van der Waals surface area (Å²) in [5.74, 6) is 0.669. The van der Waals surface area contributed by atoms with Crippen LogP contribution in [0.5, 0.6) is 0 Å². The fourth-order valence-corrected chi connectivity index (χ4v) is 6.31. The molecule has 28 heavy (non-hydrogen) atoms. The molecule has 0 aromatic carbocycles. The minimum absolute atomic E-state index is 0.267. The van der Waals surface area contributed by atoms with Gasteiger partial charge in [0.15, 0.2) is 0 Å². The molecule has 6 rings (SSSR count). The number of hydrogen-bond acceptors (Lipinski definition) is 6. The minimum atomic E-state index is -0.267. The van der Waals surface area contributed by atoms with E-state index in [2.05, 4.69) is 31.0 Å². The SMILES string of the molecule is Cc1nnsc1CN1CCC2(C1)c1ncn(C)c1CCN2C(=O)C1CC12CC2. The number of amides is 1. The van der Waals surface area contributed by atoms with E-state index in [0.29, 0.717) is 11.3 Å². The minimum Gasteiger partial charge on any atom is -0.337 e. The van der Waals surface area contributed by atoms with Gasteiger partial charge < -0.3 is 9.47 Å². The van der Waals surface area contributed by atoms with Crippen LogP contribution in [0.25, 0.3) is 0 Å². The largest absolute Gasteiger partial charge is 0.337 e. The van der Waals surface area contributed by atoms with Gasteiger partial charge in [0.2, 0.25) is 5.91 Å². The molecule has 1 amide bonds. The molecule has 148 valence electrons. The van der Waals surface area contributed by atoms with Gasteiger partial charge in [-0.15, -0.1) is 5.10 Å². The molecule has 4 heterocycles. The third-order valence-electron chi connectivity index (χ3n) is 7.67. The number of aryl methyl sites for hydroxylation is 2. The van der Waals surface area contributed by atoms with Gasteiger partial charge >= 0.3 is 0 Å². The van der Waals surface area contributed by atoms with E-state index in [1.165, 1.54) is 34.9 Å². The molecule has 2 aromatic heterocycles. The van der Waals surface area contributed by atoms with Crippen molar-refractivity contribution < 1.29 is 4.79 Å². The zero-order valence-electron chi connectivity index (χ0n) is 16.5. The Bertz CT molecular complexity index is 962. The van der Waals surface area contributed by atoms with E-state index < -0.39 is 0 Å². The number of carbonyl (C=O) groups excluding carboxylic acids is 1. The summed E-state index contributed by atoms with van der Waals surface area (Å²) in [7, 11) is 2.08. The lowest BCUT2D eigenvalue weighted by Gasteiger charge is -2.44. The molecule has 8 heteroatoms. The zero-order valence-corrected chi connectivity index (χ0v) is 17.3. The van der Waals surface area contributed by atoms with Crippen molar-refractivity contribution in [3.8, 4) is 0 Å². The summed E-state index contributed by atoms with van der Waals surface area (Å²) in [6, 6.07) is 0. The van der Waals surface area contributed by atoms with Crippen LogP contribution in [0.4, 0.5) is 0 Å². The number of fused-ring (bicyclic) bond motifs is 2. The van der Waals surface area contributed by atoms with Crippen LogP contribution in [0.3, 0.4) is 0 Å². The highest BCUT2D eigenvalue weighted by Gasteiger charge is 2.68. The van der Waals surface area contributed by atoms with Gasteiger partial charge in [0.1, 0.15) is 5.54 Å². The second-order valence-corrected chi connectivity index (χ2v) is 10.1. The lowest BCUT2D eigenvalue weighted by Crippen LogP contribution is -2.55. The summed E-state index contributed by atoms with van der Waals surface area (Å²) >= 11 is 1.49. The summed E-state index contributed by atoms with van der Waals surface area (Å²) < 4.78 is 6.24. The van der Waals surface area contributed by atoms with Crippen molar-refractivity contribution >= 4 is 17.4 Å². The molecule has 0 bridgehead atoms. The number of carbonyl (C=O) groups is 1. The third kappa shape index (κ3) is 2.30. The van der Waals surface area contributed by atoms with Crippen molar-refractivity contribution in [3.05, 3.63) is 28.3 Å². The summed E-state index contributed by atoms with van der Waals surface area (Å²) in [5.41, 5.74) is 3.60. The Labute approximate surface area is 168 Å². The highest BCUT2D eigenvalue weighted by Crippen LogP contribution is 2.71. The average Bonchev–Trinajstić information content (AvgIpc) is 3.45. The molecule has 2 atom stereocenters. The normalized spacial score (nSPS) is 30.2. The highest BCUT2D eigenvalue weighted by atomic mass is 32.1. The van der Waals surface area contributed by atoms with E-state index in [-0.39, 0.29) is 11.5 Å². The van der Waals surface area contributed by atoms with E-state index in [0.717, 1.165) is 56.8 Å². The Morgan fingerprint density at radius 2 is 2.18 bits per heavy atom. The fourth-order valence-electron chi connectivity index (χ4n) is 5.64. The van der Waals surface area contributed by atoms with Crippen molar-refractivity contribution in [2.75, 3.05) is 19.6 Å². The molecule has 4 aliphatic rings. The maximum absolute atomic E-state index is 13.5. The Hall–Kier alpha value is -1.80. The van der Waals surface area contributed by atoms with Crippen LogP contribution in [-0.2, 0) is 30.3 Å². The quantitative estimate of drug-likeness (QED) is 0.790. The molecule has 2 aliphatic carbocycles. The van der Waals surface area contributed by atoms with Crippen LogP contribution in [-0.4, -0.2) is 54.5 Å². The lowest BCUT2D eigenvalue weighted by molar-refractivity contribution is -0.140. The number of nitrogens with zero attached hydrogens (tertiary/aromatic N) is 6. The first kappa shape index (κ1) is 17.1. The Morgan fingerprint density at radius 1 is 1.32 bits per heavy atom. The number of imidazole rings is 1. The predicted molar refractivity (Wildman–Crippen MR) is 105 cm³/mol. The number of aromatic nitrogens is 4. The average molecular weight is 399 g/mol. The van der Waals surface area contributed by atoms with Gasteiger partial charge in [0.25, 0.3) is 0 Å². The van der Waals surface area contributed by atoms with E-state index in [4.69, 9.17) is 4.98 Å². The van der Waals surface area contributed by atoms with Crippen molar-refractivity contribution in [3.63, 3.8) is 0 Å². The summed E-state index contributed by atoms with van der Waals surface area (Å²) in [4.78, 5) is 24.3. The molecule has 2 aromatic rings. The first-order chi connectivity index (χ1) is 13.5. The standard InChI is InChI=1S/C20H26N6OS/c1-13-16(28-23-22-13)10-25-8-6-20(11-25)17-15(24(2)12-21-17)3-7-26(20)18(27)14-9-19(14)4-5-19/h12,14H,3-11H2,1-2H3. The Balaban J connectivity index is 1.33. The summed E-state index contributed by atoms with van der Waals surface area (Å²) in [6.45, 7) is 5.56. The van der Waals surface area contributed by atoms with Crippen LogP contribution >= 0.6 is 11.5 Å². The molecule has 2 unspecified atom stereocenters. The van der Waals surface area contributed by atoms with Gasteiger partial charge in [-0.3, -0.25) is 9.69 Å². The van der Waals surface area contributed by atoms with E-state index >= 15 is 0 Å². The van der Waals surface area contributed by atoms with Gasteiger partial charge in [-0.1, -0.05) is 4.49 Å². The summed E-state index contributed by atoms with van der Waals surface area (Å²) in [6.07, 6.45) is 7.43. The molecule has 7 nitrogen and oxygen atoms in total. The van der Waals surface area contributed by atoms with Crippen LogP contribution in [0.15, 0.2) is 6.33 Å². The summed E-state index contributed by atoms with van der Waals surface area (Å²) in [5, 5.41) is 4.16. The van der Waals surface area contributed by atoms with Crippen LogP contribution in [0.2, 0.25) is 0 Å². The molecule has 2 spiro atoms. The van der Waals surface area contributed by atoms with Gasteiger partial charge in [0.05, 0.1) is 22.6 Å². The van der Waals surface area contributed by atoms with Crippen molar-refractivity contribution in [2.45, 2.75) is 51.1 Å². The number of likely N-dealkylation sites (tertiary alicyclic amines) is 1. The first-order valence-electron chi connectivity index (χ1n) is 10.3. The van der Waals surface area contributed by atoms with Crippen LogP contribution in [0, 0.1) is 18.3 Å². The smallest absolute Gasteiger partial charge is 0.227 e. The van der Waals surface area contributed by atoms with Crippen LogP contribution < -0.4 is 0 Å². The Morgan fingerprint density at radius 3 is 2.89 bits per heavy atom. The van der Waals surface area contributed by atoms with E-state index in [9.17, 15) is 4.79 Å². The van der Waals surface area contributed by atoms with Crippen molar-refractivity contribution in [1.29, 1.82) is 0 Å². The molecule has 0 N–H and O–H groups in total. The molecule has 1 saturated heterocycles. The predicted octanol–water partition coefficient (Wildman–Crippen LogP) is 1.87. The molecule has 2 aliphatic heterocycles. The second kappa shape index (κ2) is 5.63. The molecule has 2 saturated carbocycles. The van der Waals surface area contributed by atoms with E-state index in [1.54, 1.807) is 0 Å². The fraction of sp³-hybridized carbons (Fsp3) is 0.700. The molecular formula is C20H26N6OS. The topological polar surface area (TPSA) is 67.2 Å². The van der Waals surface area contributed by atoms with Gasteiger partial charge in [-0.2, -0.15) is 0 Å². The number of rotatable bonds is 3. The first-order valence-corrected chi connectivity index (χ1v) is 11.1. The second-order valence-electron chi connectivity index (χ2n) is 9.28. The molecule has 0 radical (unpaired) electrons.